The zero-order valence-corrected chi connectivity index (χ0v) is 9.72. The topological polar surface area (TPSA) is 52.3 Å². The number of carbonyl (C=O) groups excluding carboxylic acids is 1. The number of carbonyl (C=O) groups is 1. The van der Waals surface area contributed by atoms with Crippen LogP contribution in [0.3, 0.4) is 0 Å². The van der Waals surface area contributed by atoms with E-state index >= 15 is 0 Å². The third-order valence-corrected chi connectivity index (χ3v) is 2.52. The molecule has 1 aromatic carbocycles. The maximum absolute atomic E-state index is 11.5. The van der Waals surface area contributed by atoms with Crippen molar-refractivity contribution >= 4 is 27.4 Å². The zero-order chi connectivity index (χ0) is 10.7. The second-order valence-electron chi connectivity index (χ2n) is 2.97. The summed E-state index contributed by atoms with van der Waals surface area (Å²) >= 11 is 3.11. The van der Waals surface area contributed by atoms with Crippen LogP contribution in [0.15, 0.2) is 12.1 Å². The van der Waals surface area contributed by atoms with E-state index in [0.717, 1.165) is 5.56 Å². The SMILES string of the molecule is COc1cc(C)c(N)cc1C(=O)CBr. The summed E-state index contributed by atoms with van der Waals surface area (Å²) in [7, 11) is 1.54. The first-order chi connectivity index (χ1) is 6.60. The van der Waals surface area contributed by atoms with E-state index in [9.17, 15) is 4.79 Å². The molecular formula is C10H12BrNO2. The second-order valence-corrected chi connectivity index (χ2v) is 3.53. The van der Waals surface area contributed by atoms with E-state index in [2.05, 4.69) is 15.9 Å². The molecule has 0 saturated carbocycles. The Labute approximate surface area is 91.4 Å². The number of Topliss-reactive ketones (excluding diaryl/α,β-unsaturated/α-hetero) is 1. The van der Waals surface area contributed by atoms with Crippen LogP contribution < -0.4 is 10.5 Å². The number of alkyl halides is 1. The maximum Gasteiger partial charge on any atom is 0.177 e. The Morgan fingerprint density at radius 1 is 1.57 bits per heavy atom. The summed E-state index contributed by atoms with van der Waals surface area (Å²) in [5.41, 5.74) is 7.75. The normalized spacial score (nSPS) is 9.93. The Hall–Kier alpha value is -1.03. The van der Waals surface area contributed by atoms with E-state index in [4.69, 9.17) is 10.5 Å². The molecule has 0 atom stereocenters. The molecule has 2 N–H and O–H groups in total. The summed E-state index contributed by atoms with van der Waals surface area (Å²) < 4.78 is 5.11. The molecule has 1 aromatic rings. The maximum atomic E-state index is 11.5. The van der Waals surface area contributed by atoms with E-state index in [1.165, 1.54) is 7.11 Å². The zero-order valence-electron chi connectivity index (χ0n) is 8.13. The van der Waals surface area contributed by atoms with Crippen LogP contribution >= 0.6 is 15.9 Å². The lowest BCUT2D eigenvalue weighted by atomic mass is 10.1. The lowest BCUT2D eigenvalue weighted by molar-refractivity contribution is 0.102. The van der Waals surface area contributed by atoms with Gasteiger partial charge in [0.2, 0.25) is 0 Å². The van der Waals surface area contributed by atoms with Crippen molar-refractivity contribution in [1.29, 1.82) is 0 Å². The third-order valence-electron chi connectivity index (χ3n) is 2.01. The first-order valence-corrected chi connectivity index (χ1v) is 5.25. The van der Waals surface area contributed by atoms with E-state index in [-0.39, 0.29) is 11.1 Å². The molecule has 76 valence electrons. The molecule has 14 heavy (non-hydrogen) atoms. The molecule has 0 spiro atoms. The Balaban J connectivity index is 3.27. The summed E-state index contributed by atoms with van der Waals surface area (Å²) in [5.74, 6) is 0.537. The third kappa shape index (κ3) is 2.07. The molecule has 0 aliphatic carbocycles. The van der Waals surface area contributed by atoms with Crippen molar-refractivity contribution in [2.24, 2.45) is 0 Å². The van der Waals surface area contributed by atoms with Crippen LogP contribution in [0, 0.1) is 6.92 Å². The monoisotopic (exact) mass is 257 g/mol. The van der Waals surface area contributed by atoms with Gasteiger partial charge >= 0.3 is 0 Å². The minimum Gasteiger partial charge on any atom is -0.496 e. The number of methoxy groups -OCH3 is 1. The van der Waals surface area contributed by atoms with Gasteiger partial charge in [-0.15, -0.1) is 0 Å². The first-order valence-electron chi connectivity index (χ1n) is 4.13. The molecule has 0 unspecified atom stereocenters. The van der Waals surface area contributed by atoms with Gasteiger partial charge in [0, 0.05) is 5.69 Å². The van der Waals surface area contributed by atoms with Crippen molar-refractivity contribution in [2.75, 3.05) is 18.2 Å². The van der Waals surface area contributed by atoms with E-state index in [0.29, 0.717) is 17.0 Å². The van der Waals surface area contributed by atoms with Gasteiger partial charge in [-0.05, 0) is 24.6 Å². The van der Waals surface area contributed by atoms with Crippen molar-refractivity contribution in [3.05, 3.63) is 23.3 Å². The van der Waals surface area contributed by atoms with Gasteiger partial charge in [-0.25, -0.2) is 0 Å². The molecule has 0 fully saturated rings. The fourth-order valence-electron chi connectivity index (χ4n) is 1.16. The van der Waals surface area contributed by atoms with Crippen molar-refractivity contribution in [1.82, 2.24) is 0 Å². The average molecular weight is 258 g/mol. The fourth-order valence-corrected chi connectivity index (χ4v) is 1.46. The van der Waals surface area contributed by atoms with E-state index in [1.807, 2.05) is 6.92 Å². The molecule has 0 saturated heterocycles. The molecule has 4 heteroatoms. The number of halogens is 1. The number of rotatable bonds is 3. The lowest BCUT2D eigenvalue weighted by Gasteiger charge is -2.09. The highest BCUT2D eigenvalue weighted by atomic mass is 79.9. The van der Waals surface area contributed by atoms with Crippen molar-refractivity contribution < 1.29 is 9.53 Å². The highest BCUT2D eigenvalue weighted by molar-refractivity contribution is 9.09. The highest BCUT2D eigenvalue weighted by Gasteiger charge is 2.12. The van der Waals surface area contributed by atoms with Crippen LogP contribution in [0.25, 0.3) is 0 Å². The molecule has 0 bridgehead atoms. The van der Waals surface area contributed by atoms with E-state index < -0.39 is 0 Å². The molecule has 0 aliphatic heterocycles. The number of ether oxygens (including phenoxy) is 1. The smallest absolute Gasteiger partial charge is 0.177 e. The van der Waals surface area contributed by atoms with Crippen molar-refractivity contribution in [3.63, 3.8) is 0 Å². The number of hydrogen-bond acceptors (Lipinski definition) is 3. The standard InChI is InChI=1S/C10H12BrNO2/c1-6-3-10(14-2)7(4-8(6)12)9(13)5-11/h3-4H,5,12H2,1-2H3. The number of nitrogens with two attached hydrogens (primary N) is 1. The molecule has 1 rings (SSSR count). The van der Waals surface area contributed by atoms with Gasteiger partial charge in [-0.2, -0.15) is 0 Å². The Kier molecular flexibility index (Phi) is 3.52. The Morgan fingerprint density at radius 2 is 2.21 bits per heavy atom. The van der Waals surface area contributed by atoms with Crippen LogP contribution in [0.5, 0.6) is 5.75 Å². The number of nitrogen functional groups attached to an aromatic ring is 1. The van der Waals surface area contributed by atoms with Crippen LogP contribution in [0.4, 0.5) is 5.69 Å². The van der Waals surface area contributed by atoms with E-state index in [1.54, 1.807) is 12.1 Å². The van der Waals surface area contributed by atoms with Crippen molar-refractivity contribution in [3.8, 4) is 5.75 Å². The summed E-state index contributed by atoms with van der Waals surface area (Å²) in [4.78, 5) is 11.5. The summed E-state index contributed by atoms with van der Waals surface area (Å²) in [6, 6.07) is 3.42. The number of ketones is 1. The predicted molar refractivity (Wildman–Crippen MR) is 60.3 cm³/mol. The molecule has 0 heterocycles. The average Bonchev–Trinajstić information content (AvgIpc) is 2.20. The number of anilines is 1. The van der Waals surface area contributed by atoms with Crippen LogP contribution in [0.1, 0.15) is 15.9 Å². The summed E-state index contributed by atoms with van der Waals surface area (Å²) in [6.45, 7) is 1.88. The minimum absolute atomic E-state index is 0.0337. The summed E-state index contributed by atoms with van der Waals surface area (Å²) in [6.07, 6.45) is 0. The minimum atomic E-state index is -0.0337. The molecule has 0 radical (unpaired) electrons. The summed E-state index contributed by atoms with van der Waals surface area (Å²) in [5, 5.41) is 0.270. The number of aryl methyl sites for hydroxylation is 1. The lowest BCUT2D eigenvalue weighted by Crippen LogP contribution is -2.05. The molecular weight excluding hydrogens is 246 g/mol. The highest BCUT2D eigenvalue weighted by Crippen LogP contribution is 2.25. The van der Waals surface area contributed by atoms with Gasteiger partial charge in [-0.1, -0.05) is 15.9 Å². The molecule has 0 aromatic heterocycles. The number of hydrogen-bond donors (Lipinski definition) is 1. The Morgan fingerprint density at radius 3 is 2.71 bits per heavy atom. The van der Waals surface area contributed by atoms with Gasteiger partial charge < -0.3 is 10.5 Å². The molecule has 0 amide bonds. The molecule has 0 aliphatic rings. The number of benzene rings is 1. The van der Waals surface area contributed by atoms with Crippen LogP contribution in [-0.4, -0.2) is 18.2 Å². The van der Waals surface area contributed by atoms with Gasteiger partial charge in [-0.3, -0.25) is 4.79 Å². The Bertz CT molecular complexity index is 363. The quantitative estimate of drug-likeness (QED) is 0.513. The predicted octanol–water partition coefficient (Wildman–Crippen LogP) is 2.16. The second kappa shape index (κ2) is 4.46. The van der Waals surface area contributed by atoms with Gasteiger partial charge in [0.15, 0.2) is 5.78 Å². The van der Waals surface area contributed by atoms with Crippen LogP contribution in [0.2, 0.25) is 0 Å². The largest absolute Gasteiger partial charge is 0.496 e. The van der Waals surface area contributed by atoms with Gasteiger partial charge in [0.25, 0.3) is 0 Å². The first kappa shape index (κ1) is 11.0. The van der Waals surface area contributed by atoms with Gasteiger partial charge in [0.05, 0.1) is 18.0 Å². The molecule has 3 nitrogen and oxygen atoms in total. The van der Waals surface area contributed by atoms with Crippen molar-refractivity contribution in [2.45, 2.75) is 6.92 Å². The van der Waals surface area contributed by atoms with Crippen LogP contribution in [-0.2, 0) is 0 Å². The van der Waals surface area contributed by atoms with Gasteiger partial charge in [0.1, 0.15) is 5.75 Å². The fraction of sp³-hybridized carbons (Fsp3) is 0.300.